The lowest BCUT2D eigenvalue weighted by atomic mass is 9.94. The molecule has 1 N–H and O–H groups in total. The van der Waals surface area contributed by atoms with Gasteiger partial charge in [-0.2, -0.15) is 5.10 Å². The second kappa shape index (κ2) is 5.28. The zero-order valence-electron chi connectivity index (χ0n) is 13.4. The van der Waals surface area contributed by atoms with Crippen molar-refractivity contribution in [2.24, 2.45) is 5.10 Å². The molecule has 0 radical (unpaired) electrons. The van der Waals surface area contributed by atoms with E-state index in [1.54, 1.807) is 0 Å². The van der Waals surface area contributed by atoms with Crippen molar-refractivity contribution in [3.8, 4) is 0 Å². The second-order valence-corrected chi connectivity index (χ2v) is 6.14. The third-order valence-corrected chi connectivity index (χ3v) is 4.67. The molecule has 0 aliphatic rings. The van der Waals surface area contributed by atoms with Gasteiger partial charge in [0, 0.05) is 16.2 Å². The molecule has 0 amide bonds. The summed E-state index contributed by atoms with van der Waals surface area (Å²) in [6.07, 6.45) is 0. The molecule has 0 aliphatic carbocycles. The van der Waals surface area contributed by atoms with Crippen LogP contribution in [0, 0.1) is 0 Å². The summed E-state index contributed by atoms with van der Waals surface area (Å²) in [4.78, 5) is 13.1. The van der Waals surface area contributed by atoms with Crippen LogP contribution in [0.25, 0.3) is 32.3 Å². The zero-order chi connectivity index (χ0) is 16.8. The molecule has 0 heterocycles. The average Bonchev–Trinajstić information content (AvgIpc) is 2.67. The Balaban J connectivity index is 1.93. The van der Waals surface area contributed by atoms with E-state index < -0.39 is 0 Å². The molecule has 0 aliphatic heterocycles. The highest BCUT2D eigenvalue weighted by Gasteiger charge is 2.13. The van der Waals surface area contributed by atoms with Gasteiger partial charge in [-0.25, -0.2) is 0 Å². The first-order chi connectivity index (χ1) is 12.3. The molecule has 5 rings (SSSR count). The number of para-hydroxylation sites is 1. The molecular weight excluding hydrogens is 308 g/mol. The molecule has 5 aromatic rings. The van der Waals surface area contributed by atoms with Gasteiger partial charge in [-0.3, -0.25) is 10.2 Å². The summed E-state index contributed by atoms with van der Waals surface area (Å²) in [5.41, 5.74) is 3.83. The van der Waals surface area contributed by atoms with E-state index in [1.165, 1.54) is 0 Å². The Morgan fingerprint density at radius 3 is 2.00 bits per heavy atom. The molecule has 0 fully saturated rings. The Labute approximate surface area is 143 Å². The smallest absolute Gasteiger partial charge is 0.214 e. The van der Waals surface area contributed by atoms with Gasteiger partial charge in [0.15, 0.2) is 0 Å². The molecule has 0 unspecified atom stereocenters. The molecule has 5 aromatic carbocycles. The largest absolute Gasteiger partial charge is 0.287 e. The highest BCUT2D eigenvalue weighted by Crippen LogP contribution is 2.30. The van der Waals surface area contributed by atoms with E-state index in [2.05, 4.69) is 28.7 Å². The Morgan fingerprint density at radius 2 is 1.28 bits per heavy atom. The summed E-state index contributed by atoms with van der Waals surface area (Å²) in [6, 6.07) is 25.7. The molecule has 25 heavy (non-hydrogen) atoms. The van der Waals surface area contributed by atoms with Crippen molar-refractivity contribution in [1.29, 1.82) is 0 Å². The molecular formula is C22H14N2O. The van der Waals surface area contributed by atoms with Crippen LogP contribution < -0.4 is 16.2 Å². The maximum Gasteiger partial charge on any atom is 0.214 e. The van der Waals surface area contributed by atoms with E-state index in [4.69, 9.17) is 0 Å². The molecule has 0 atom stereocenters. The Bertz CT molecular complexity index is 1330. The monoisotopic (exact) mass is 322 g/mol. The highest BCUT2D eigenvalue weighted by atomic mass is 16.1. The molecule has 0 saturated heterocycles. The van der Waals surface area contributed by atoms with Crippen LogP contribution in [0.15, 0.2) is 88.8 Å². The fourth-order valence-corrected chi connectivity index (χ4v) is 3.54. The summed E-state index contributed by atoms with van der Waals surface area (Å²) >= 11 is 0. The highest BCUT2D eigenvalue weighted by molar-refractivity contribution is 6.22. The lowest BCUT2D eigenvalue weighted by Gasteiger charge is -2.10. The minimum Gasteiger partial charge on any atom is -0.287 e. The quantitative estimate of drug-likeness (QED) is 0.389. The number of nitrogens with one attached hydrogen (secondary N) is 1. The van der Waals surface area contributed by atoms with Crippen molar-refractivity contribution in [2.75, 3.05) is 5.43 Å². The van der Waals surface area contributed by atoms with Gasteiger partial charge in [0.2, 0.25) is 5.43 Å². The maximum atomic E-state index is 13.1. The molecule has 0 saturated carbocycles. The van der Waals surface area contributed by atoms with Crippen LogP contribution in [0.1, 0.15) is 0 Å². The number of nitrogens with zero attached hydrogens (tertiary/aromatic N) is 1. The van der Waals surface area contributed by atoms with E-state index in [9.17, 15) is 4.79 Å². The third-order valence-electron chi connectivity index (χ3n) is 4.67. The summed E-state index contributed by atoms with van der Waals surface area (Å²) in [5, 5.41) is 10.9. The molecule has 118 valence electrons. The lowest BCUT2D eigenvalue weighted by molar-refractivity contribution is 1.22. The van der Waals surface area contributed by atoms with Crippen molar-refractivity contribution in [3.05, 3.63) is 94.4 Å². The van der Waals surface area contributed by atoms with Crippen LogP contribution in [-0.4, -0.2) is 0 Å². The molecule has 3 heteroatoms. The summed E-state index contributed by atoms with van der Waals surface area (Å²) in [5.74, 6) is 0. The van der Waals surface area contributed by atoms with Gasteiger partial charge in [-0.15, -0.1) is 0 Å². The minimum absolute atomic E-state index is 0.0415. The van der Waals surface area contributed by atoms with Crippen molar-refractivity contribution < 1.29 is 0 Å². The summed E-state index contributed by atoms with van der Waals surface area (Å²) in [7, 11) is 0. The van der Waals surface area contributed by atoms with E-state index in [0.717, 1.165) is 38.0 Å². The fraction of sp³-hybridized carbons (Fsp3) is 0. The Morgan fingerprint density at radius 1 is 0.640 bits per heavy atom. The van der Waals surface area contributed by atoms with Gasteiger partial charge in [-0.05, 0) is 28.3 Å². The van der Waals surface area contributed by atoms with Crippen LogP contribution in [0.4, 0.5) is 5.69 Å². The summed E-state index contributed by atoms with van der Waals surface area (Å²) < 4.78 is 0. The first kappa shape index (κ1) is 13.9. The lowest BCUT2D eigenvalue weighted by Crippen LogP contribution is -2.27. The predicted octanol–water partition coefficient (Wildman–Crippen LogP) is 4.31. The summed E-state index contributed by atoms with van der Waals surface area (Å²) in [6.45, 7) is 0. The first-order valence-electron chi connectivity index (χ1n) is 8.21. The number of hydrogen-bond acceptors (Lipinski definition) is 3. The van der Waals surface area contributed by atoms with Crippen molar-refractivity contribution in [1.82, 2.24) is 0 Å². The predicted molar refractivity (Wildman–Crippen MR) is 103 cm³/mol. The van der Waals surface area contributed by atoms with Gasteiger partial charge >= 0.3 is 0 Å². The maximum absolute atomic E-state index is 13.1. The van der Waals surface area contributed by atoms with Crippen LogP contribution in [0.2, 0.25) is 0 Å². The fourth-order valence-electron chi connectivity index (χ4n) is 3.54. The molecule has 0 aromatic heterocycles. The van der Waals surface area contributed by atoms with Gasteiger partial charge in [0.05, 0.1) is 5.69 Å². The number of rotatable bonds is 2. The van der Waals surface area contributed by atoms with Gasteiger partial charge in [0.25, 0.3) is 0 Å². The standard InChI is InChI=1S/C22H14N2O/c25-22-18-11-5-7-15-13-12-14-6-4-10-17(19(14)20(15)18)21(22)24-23-16-8-2-1-3-9-16/h1-13,23H. The van der Waals surface area contributed by atoms with Gasteiger partial charge < -0.3 is 0 Å². The van der Waals surface area contributed by atoms with Crippen molar-refractivity contribution in [3.63, 3.8) is 0 Å². The Kier molecular flexibility index (Phi) is 2.94. The number of hydrogen-bond donors (Lipinski definition) is 1. The first-order valence-corrected chi connectivity index (χ1v) is 8.21. The topological polar surface area (TPSA) is 41.5 Å². The van der Waals surface area contributed by atoms with Crippen LogP contribution in [-0.2, 0) is 0 Å². The van der Waals surface area contributed by atoms with Crippen LogP contribution in [0.3, 0.4) is 0 Å². The minimum atomic E-state index is -0.0415. The van der Waals surface area contributed by atoms with E-state index in [0.29, 0.717) is 5.36 Å². The van der Waals surface area contributed by atoms with E-state index in [-0.39, 0.29) is 5.43 Å². The normalized spacial score (nSPS) is 12.4. The van der Waals surface area contributed by atoms with Crippen LogP contribution in [0.5, 0.6) is 0 Å². The molecule has 3 nitrogen and oxygen atoms in total. The third kappa shape index (κ3) is 2.06. The van der Waals surface area contributed by atoms with E-state index in [1.807, 2.05) is 60.7 Å². The molecule has 0 bridgehead atoms. The Hall–Kier alpha value is -3.46. The van der Waals surface area contributed by atoms with E-state index >= 15 is 0 Å². The molecule has 0 spiro atoms. The van der Waals surface area contributed by atoms with Crippen molar-refractivity contribution >= 4 is 38.0 Å². The van der Waals surface area contributed by atoms with Crippen LogP contribution >= 0.6 is 0 Å². The van der Waals surface area contributed by atoms with Crippen molar-refractivity contribution in [2.45, 2.75) is 0 Å². The SMILES string of the molecule is O=c1c(=NNc2ccccc2)c2cccc3ccc4cccc1c4c32. The second-order valence-electron chi connectivity index (χ2n) is 6.14. The number of anilines is 1. The van der Waals surface area contributed by atoms with Gasteiger partial charge in [-0.1, -0.05) is 66.7 Å². The van der Waals surface area contributed by atoms with Gasteiger partial charge in [0.1, 0.15) is 5.36 Å². The zero-order valence-corrected chi connectivity index (χ0v) is 13.4. The number of benzene rings is 5. The average molecular weight is 322 g/mol.